The average Bonchev–Trinajstić information content (AvgIpc) is 3.00. The molecule has 0 bridgehead atoms. The van der Waals surface area contributed by atoms with Gasteiger partial charge < -0.3 is 0 Å². The van der Waals surface area contributed by atoms with Crippen molar-refractivity contribution in [3.8, 4) is 33.4 Å². The van der Waals surface area contributed by atoms with Gasteiger partial charge in [0.15, 0.2) is 0 Å². The highest BCUT2D eigenvalue weighted by molar-refractivity contribution is 7.99. The number of benzene rings is 7. The largest absolute Gasteiger partial charge is 0.0888 e. The SMILES string of the molecule is CC(C)(C)c1ccc(-c2c3ccccc3c(-c3ccc4c5c(cccc35)Sc3ccccc3-4)c3ccccc23)cc1. The zero-order valence-corrected chi connectivity index (χ0v) is 24.3. The lowest BCUT2D eigenvalue weighted by molar-refractivity contribution is 0.590. The van der Waals surface area contributed by atoms with Crippen molar-refractivity contribution >= 4 is 44.1 Å². The standard InChI is InChI=1S/C40H30S/c1-40(2,3)26-21-19-25(20-22-26)37-28-12-4-6-14-30(28)38(31-15-7-5-13-29(31)37)34-24-23-33-27-11-8-9-17-35(27)41-36-18-10-16-32(34)39(33)36/h4-24H,1-3H3. The van der Waals surface area contributed by atoms with E-state index >= 15 is 0 Å². The third kappa shape index (κ3) is 3.76. The molecule has 0 atom stereocenters. The van der Waals surface area contributed by atoms with Crippen LogP contribution in [0.1, 0.15) is 26.3 Å². The van der Waals surface area contributed by atoms with E-state index in [2.05, 4.69) is 148 Å². The van der Waals surface area contributed by atoms with Crippen LogP contribution in [0, 0.1) is 0 Å². The van der Waals surface area contributed by atoms with Gasteiger partial charge in [-0.3, -0.25) is 0 Å². The number of hydrogen-bond acceptors (Lipinski definition) is 1. The molecule has 0 unspecified atom stereocenters. The minimum Gasteiger partial charge on any atom is -0.0888 e. The maximum absolute atomic E-state index is 2.36. The molecule has 0 radical (unpaired) electrons. The van der Waals surface area contributed by atoms with Gasteiger partial charge in [0.1, 0.15) is 0 Å². The first kappa shape index (κ1) is 24.5. The van der Waals surface area contributed by atoms with E-state index in [1.165, 1.54) is 81.1 Å². The summed E-state index contributed by atoms with van der Waals surface area (Å²) in [7, 11) is 0. The predicted molar refractivity (Wildman–Crippen MR) is 178 cm³/mol. The number of fused-ring (bicyclic) bond motifs is 4. The molecule has 0 nitrogen and oxygen atoms in total. The zero-order chi connectivity index (χ0) is 27.7. The average molecular weight is 543 g/mol. The molecule has 8 rings (SSSR count). The molecule has 1 heteroatoms. The number of hydrogen-bond donors (Lipinski definition) is 0. The van der Waals surface area contributed by atoms with Crippen molar-refractivity contribution in [1.29, 1.82) is 0 Å². The topological polar surface area (TPSA) is 0 Å². The Morgan fingerprint density at radius 1 is 0.415 bits per heavy atom. The lowest BCUT2D eigenvalue weighted by atomic mass is 9.82. The van der Waals surface area contributed by atoms with Crippen LogP contribution in [0.5, 0.6) is 0 Å². The van der Waals surface area contributed by atoms with E-state index in [4.69, 9.17) is 0 Å². The van der Waals surface area contributed by atoms with E-state index in [0.717, 1.165) is 0 Å². The minimum atomic E-state index is 0.125. The highest BCUT2D eigenvalue weighted by Crippen LogP contribution is 2.51. The van der Waals surface area contributed by atoms with Crippen molar-refractivity contribution in [3.63, 3.8) is 0 Å². The van der Waals surface area contributed by atoms with Crippen LogP contribution in [0.25, 0.3) is 65.7 Å². The Kier molecular flexibility index (Phi) is 5.43. The second-order valence-corrected chi connectivity index (χ2v) is 13.2. The van der Waals surface area contributed by atoms with E-state index in [0.29, 0.717) is 0 Å². The van der Waals surface area contributed by atoms with Crippen LogP contribution in [0.3, 0.4) is 0 Å². The third-order valence-corrected chi connectivity index (χ3v) is 9.78. The Hall–Kier alpha value is -4.33. The number of rotatable bonds is 2. The third-order valence-electron chi connectivity index (χ3n) is 8.64. The van der Waals surface area contributed by atoms with Gasteiger partial charge in [-0.2, -0.15) is 0 Å². The van der Waals surface area contributed by atoms with E-state index in [1.807, 2.05) is 11.8 Å². The summed E-state index contributed by atoms with van der Waals surface area (Å²) in [5.41, 5.74) is 9.34. The molecule has 0 saturated carbocycles. The molecule has 41 heavy (non-hydrogen) atoms. The van der Waals surface area contributed by atoms with Crippen LogP contribution in [-0.2, 0) is 5.41 Å². The van der Waals surface area contributed by atoms with Gasteiger partial charge in [-0.25, -0.2) is 0 Å². The summed E-state index contributed by atoms with van der Waals surface area (Å²) in [5, 5.41) is 7.87. The van der Waals surface area contributed by atoms with Gasteiger partial charge in [-0.05, 0) is 83.4 Å². The Bertz CT molecular complexity index is 2090. The molecule has 7 aromatic rings. The fourth-order valence-electron chi connectivity index (χ4n) is 6.66. The Morgan fingerprint density at radius 3 is 1.61 bits per heavy atom. The van der Waals surface area contributed by atoms with Crippen molar-refractivity contribution < 1.29 is 0 Å². The Morgan fingerprint density at radius 2 is 0.951 bits per heavy atom. The normalized spacial score (nSPS) is 12.7. The molecule has 1 heterocycles. The summed E-state index contributed by atoms with van der Waals surface area (Å²) in [4.78, 5) is 2.67. The lowest BCUT2D eigenvalue weighted by Gasteiger charge is -2.23. The first-order valence-electron chi connectivity index (χ1n) is 14.4. The monoisotopic (exact) mass is 542 g/mol. The molecule has 0 spiro atoms. The molecule has 0 fully saturated rings. The first-order valence-corrected chi connectivity index (χ1v) is 15.2. The van der Waals surface area contributed by atoms with E-state index in [1.54, 1.807) is 0 Å². The first-order chi connectivity index (χ1) is 20.0. The quantitative estimate of drug-likeness (QED) is 0.196. The van der Waals surface area contributed by atoms with Crippen molar-refractivity contribution in [2.24, 2.45) is 0 Å². The molecule has 0 amide bonds. The summed E-state index contributed by atoms with van der Waals surface area (Å²) in [6.07, 6.45) is 0. The van der Waals surface area contributed by atoms with Gasteiger partial charge in [0, 0.05) is 15.2 Å². The molecular weight excluding hydrogens is 513 g/mol. The van der Waals surface area contributed by atoms with Crippen LogP contribution in [-0.4, -0.2) is 0 Å². The van der Waals surface area contributed by atoms with Crippen molar-refractivity contribution in [2.75, 3.05) is 0 Å². The molecule has 0 saturated heterocycles. The van der Waals surface area contributed by atoms with Crippen molar-refractivity contribution in [1.82, 2.24) is 0 Å². The van der Waals surface area contributed by atoms with E-state index in [-0.39, 0.29) is 5.41 Å². The van der Waals surface area contributed by atoms with Crippen molar-refractivity contribution in [2.45, 2.75) is 36.0 Å². The van der Waals surface area contributed by atoms with Gasteiger partial charge >= 0.3 is 0 Å². The molecule has 0 N–H and O–H groups in total. The maximum atomic E-state index is 2.36. The molecule has 1 aliphatic rings. The fourth-order valence-corrected chi connectivity index (χ4v) is 7.80. The van der Waals surface area contributed by atoms with Crippen LogP contribution >= 0.6 is 11.8 Å². The summed E-state index contributed by atoms with van der Waals surface area (Å²) in [6.45, 7) is 6.83. The highest BCUT2D eigenvalue weighted by atomic mass is 32.2. The van der Waals surface area contributed by atoms with Gasteiger partial charge in [-0.1, -0.05) is 148 Å². The minimum absolute atomic E-state index is 0.125. The summed E-state index contributed by atoms with van der Waals surface area (Å²) >= 11 is 1.89. The van der Waals surface area contributed by atoms with Crippen LogP contribution < -0.4 is 0 Å². The van der Waals surface area contributed by atoms with Crippen LogP contribution in [0.2, 0.25) is 0 Å². The molecule has 0 aromatic heterocycles. The van der Waals surface area contributed by atoms with Gasteiger partial charge in [0.05, 0.1) is 0 Å². The predicted octanol–water partition coefficient (Wildman–Crippen LogP) is 11.9. The van der Waals surface area contributed by atoms with Crippen LogP contribution in [0.4, 0.5) is 0 Å². The summed E-state index contributed by atoms with van der Waals surface area (Å²) in [6, 6.07) is 47.5. The maximum Gasteiger partial charge on any atom is 0.0207 e. The van der Waals surface area contributed by atoms with Crippen LogP contribution in [0.15, 0.2) is 137 Å². The molecule has 0 aliphatic carbocycles. The second kappa shape index (κ2) is 9.09. The van der Waals surface area contributed by atoms with E-state index in [9.17, 15) is 0 Å². The second-order valence-electron chi connectivity index (χ2n) is 12.1. The van der Waals surface area contributed by atoms with Gasteiger partial charge in [-0.15, -0.1) is 0 Å². The Balaban J connectivity index is 1.46. The Labute approximate surface area is 245 Å². The molecule has 1 aliphatic heterocycles. The lowest BCUT2D eigenvalue weighted by Crippen LogP contribution is -2.10. The smallest absolute Gasteiger partial charge is 0.0207 e. The molecular formula is C40H30S. The highest BCUT2D eigenvalue weighted by Gasteiger charge is 2.23. The van der Waals surface area contributed by atoms with E-state index < -0.39 is 0 Å². The zero-order valence-electron chi connectivity index (χ0n) is 23.5. The van der Waals surface area contributed by atoms with Gasteiger partial charge in [0.25, 0.3) is 0 Å². The summed E-state index contributed by atoms with van der Waals surface area (Å²) in [5.74, 6) is 0. The van der Waals surface area contributed by atoms with Crippen molar-refractivity contribution in [3.05, 3.63) is 133 Å². The van der Waals surface area contributed by atoms with Gasteiger partial charge in [0.2, 0.25) is 0 Å². The summed E-state index contributed by atoms with van der Waals surface area (Å²) < 4.78 is 0. The fraction of sp³-hybridized carbons (Fsp3) is 0.100. The molecule has 196 valence electrons. The molecule has 7 aromatic carbocycles.